The molecule has 3 rings (SSSR count). The zero-order valence-electron chi connectivity index (χ0n) is 14.5. The Bertz CT molecular complexity index is 854. The second kappa shape index (κ2) is 9.29. The molecule has 7 nitrogen and oxygen atoms in total. The lowest BCUT2D eigenvalue weighted by Gasteiger charge is -2.16. The summed E-state index contributed by atoms with van der Waals surface area (Å²) < 4.78 is 4.63. The second-order valence-electron chi connectivity index (χ2n) is 5.52. The molecule has 1 saturated heterocycles. The van der Waals surface area contributed by atoms with Crippen molar-refractivity contribution in [1.82, 2.24) is 20.1 Å². The number of H-pyrrole nitrogens is 1. The number of esters is 1. The van der Waals surface area contributed by atoms with Crippen LogP contribution in [0.5, 0.6) is 0 Å². The number of aromatic nitrogens is 3. The van der Waals surface area contributed by atoms with E-state index in [4.69, 9.17) is 11.6 Å². The molecule has 2 heterocycles. The van der Waals surface area contributed by atoms with Crippen LogP contribution < -0.4 is 0 Å². The van der Waals surface area contributed by atoms with Gasteiger partial charge in [0.1, 0.15) is 0 Å². The Morgan fingerprint density at radius 2 is 2.22 bits per heavy atom. The van der Waals surface area contributed by atoms with Crippen LogP contribution in [0.15, 0.2) is 40.5 Å². The predicted octanol–water partition coefficient (Wildman–Crippen LogP) is 3.20. The molecule has 1 N–H and O–H groups in total. The maximum absolute atomic E-state index is 12.0. The molecule has 142 valence electrons. The third-order valence-electron chi connectivity index (χ3n) is 3.69. The van der Waals surface area contributed by atoms with Crippen molar-refractivity contribution in [2.45, 2.75) is 11.6 Å². The maximum Gasteiger partial charge on any atom is 0.333 e. The van der Waals surface area contributed by atoms with Crippen molar-refractivity contribution < 1.29 is 14.3 Å². The average Bonchev–Trinajstić information content (AvgIpc) is 3.27. The summed E-state index contributed by atoms with van der Waals surface area (Å²) in [7, 11) is 1.32. The number of hydrogen-bond acceptors (Lipinski definition) is 7. The van der Waals surface area contributed by atoms with Gasteiger partial charge in [-0.25, -0.2) is 9.78 Å². The Kier molecular flexibility index (Phi) is 6.81. The Morgan fingerprint density at radius 1 is 1.44 bits per heavy atom. The van der Waals surface area contributed by atoms with Crippen molar-refractivity contribution >= 4 is 47.0 Å². The fourth-order valence-electron chi connectivity index (χ4n) is 2.36. The SMILES string of the molecule is COC(=O)/C=C1/SCC(=O)N1CCCSc1n[nH]c(-c2ccc(Cl)cc2)n1. The molecule has 0 spiro atoms. The number of nitrogens with zero attached hydrogens (tertiary/aromatic N) is 3. The van der Waals surface area contributed by atoms with E-state index >= 15 is 0 Å². The molecule has 0 bridgehead atoms. The fraction of sp³-hybridized carbons (Fsp3) is 0.294. The second-order valence-corrected chi connectivity index (χ2v) is 8.01. The van der Waals surface area contributed by atoms with Gasteiger partial charge in [0.15, 0.2) is 5.82 Å². The largest absolute Gasteiger partial charge is 0.466 e. The smallest absolute Gasteiger partial charge is 0.333 e. The zero-order chi connectivity index (χ0) is 19.2. The highest BCUT2D eigenvalue weighted by atomic mass is 35.5. The van der Waals surface area contributed by atoms with Gasteiger partial charge in [-0.3, -0.25) is 9.89 Å². The third-order valence-corrected chi connectivity index (χ3v) is 5.90. The first-order valence-electron chi connectivity index (χ1n) is 8.11. The quantitative estimate of drug-likeness (QED) is 0.316. The van der Waals surface area contributed by atoms with Crippen molar-refractivity contribution in [3.63, 3.8) is 0 Å². The lowest BCUT2D eigenvalue weighted by atomic mass is 10.2. The number of thioether (sulfide) groups is 2. The third kappa shape index (κ3) is 5.27. The number of halogens is 1. The van der Waals surface area contributed by atoms with Crippen LogP contribution in [0.25, 0.3) is 11.4 Å². The van der Waals surface area contributed by atoms with E-state index in [0.29, 0.717) is 33.3 Å². The number of ether oxygens (including phenoxy) is 1. The molecule has 1 aromatic heterocycles. The molecule has 0 aliphatic carbocycles. The van der Waals surface area contributed by atoms with Gasteiger partial charge in [-0.1, -0.05) is 35.1 Å². The van der Waals surface area contributed by atoms with Crippen molar-refractivity contribution in [3.8, 4) is 11.4 Å². The number of nitrogens with one attached hydrogen (secondary N) is 1. The van der Waals surface area contributed by atoms with Gasteiger partial charge in [0.25, 0.3) is 0 Å². The van der Waals surface area contributed by atoms with Gasteiger partial charge in [-0.15, -0.1) is 5.10 Å². The summed E-state index contributed by atoms with van der Waals surface area (Å²) in [5, 5.41) is 9.07. The van der Waals surface area contributed by atoms with Crippen LogP contribution in [0.4, 0.5) is 0 Å². The molecule has 1 aliphatic rings. The van der Waals surface area contributed by atoms with Crippen molar-refractivity contribution in [2.75, 3.05) is 25.2 Å². The van der Waals surface area contributed by atoms with Gasteiger partial charge in [-0.05, 0) is 30.7 Å². The normalized spacial score (nSPS) is 15.6. The van der Waals surface area contributed by atoms with E-state index in [-0.39, 0.29) is 5.91 Å². The fourth-order valence-corrected chi connectivity index (χ4v) is 4.17. The number of benzene rings is 1. The molecular formula is C17H17ClN4O3S2. The van der Waals surface area contributed by atoms with Crippen LogP contribution >= 0.6 is 35.1 Å². The highest BCUT2D eigenvalue weighted by Gasteiger charge is 2.26. The van der Waals surface area contributed by atoms with Gasteiger partial charge in [0.05, 0.1) is 24.0 Å². The Morgan fingerprint density at radius 3 is 2.96 bits per heavy atom. The van der Waals surface area contributed by atoms with E-state index in [1.54, 1.807) is 17.0 Å². The number of carbonyl (C=O) groups excluding carboxylic acids is 2. The highest BCUT2D eigenvalue weighted by molar-refractivity contribution is 8.04. The zero-order valence-corrected chi connectivity index (χ0v) is 16.9. The standard InChI is InChI=1S/C17H17ClN4O3S2/c1-25-15(24)9-14-22(13(23)10-27-14)7-2-8-26-17-19-16(20-21-17)11-3-5-12(18)6-4-11/h3-6,9H,2,7-8,10H2,1H3,(H,19,20,21)/b14-9+. The number of hydrogen-bond donors (Lipinski definition) is 1. The molecule has 1 aliphatic heterocycles. The number of aromatic amines is 1. The maximum atomic E-state index is 12.0. The molecule has 27 heavy (non-hydrogen) atoms. The minimum atomic E-state index is -0.456. The van der Waals surface area contributed by atoms with Gasteiger partial charge in [0, 0.05) is 22.9 Å². The first kappa shape index (κ1) is 19.8. The topological polar surface area (TPSA) is 88.2 Å². The Hall–Kier alpha value is -1.97. The molecular weight excluding hydrogens is 408 g/mol. The first-order valence-corrected chi connectivity index (χ1v) is 10.5. The van der Waals surface area contributed by atoms with Crippen LogP contribution in [0.3, 0.4) is 0 Å². The lowest BCUT2D eigenvalue weighted by Crippen LogP contribution is -2.26. The molecule has 10 heteroatoms. The summed E-state index contributed by atoms with van der Waals surface area (Å²) >= 11 is 8.75. The molecule has 0 atom stereocenters. The number of carbonyl (C=O) groups is 2. The van der Waals surface area contributed by atoms with E-state index in [0.717, 1.165) is 17.7 Å². The summed E-state index contributed by atoms with van der Waals surface area (Å²) in [5.74, 6) is 1.33. The molecule has 1 aromatic carbocycles. The molecule has 0 unspecified atom stereocenters. The Labute approximate surface area is 169 Å². The summed E-state index contributed by atoms with van der Waals surface area (Å²) in [4.78, 5) is 29.4. The summed E-state index contributed by atoms with van der Waals surface area (Å²) in [6, 6.07) is 7.36. The van der Waals surface area contributed by atoms with Crippen molar-refractivity contribution in [3.05, 3.63) is 40.4 Å². The molecule has 1 amide bonds. The molecule has 0 radical (unpaired) electrons. The van der Waals surface area contributed by atoms with Crippen molar-refractivity contribution in [2.24, 2.45) is 0 Å². The summed E-state index contributed by atoms with van der Waals surface area (Å²) in [6.07, 6.45) is 2.11. The molecule has 1 fully saturated rings. The van der Waals surface area contributed by atoms with Crippen LogP contribution in [0.1, 0.15) is 6.42 Å². The van der Waals surface area contributed by atoms with Gasteiger partial charge >= 0.3 is 5.97 Å². The van der Waals surface area contributed by atoms with Gasteiger partial charge < -0.3 is 9.64 Å². The van der Waals surface area contributed by atoms with Crippen LogP contribution in [0.2, 0.25) is 5.02 Å². The van der Waals surface area contributed by atoms with E-state index in [1.165, 1.54) is 36.7 Å². The van der Waals surface area contributed by atoms with Gasteiger partial charge in [-0.2, -0.15) is 0 Å². The van der Waals surface area contributed by atoms with Crippen molar-refractivity contribution in [1.29, 1.82) is 0 Å². The minimum absolute atomic E-state index is 0.00284. The summed E-state index contributed by atoms with van der Waals surface area (Å²) in [6.45, 7) is 0.538. The van der Waals surface area contributed by atoms with Gasteiger partial charge in [0.2, 0.25) is 11.1 Å². The lowest BCUT2D eigenvalue weighted by molar-refractivity contribution is -0.134. The minimum Gasteiger partial charge on any atom is -0.466 e. The number of rotatable bonds is 7. The van der Waals surface area contributed by atoms with Crippen LogP contribution in [-0.2, 0) is 14.3 Å². The number of methoxy groups -OCH3 is 1. The highest BCUT2D eigenvalue weighted by Crippen LogP contribution is 2.29. The molecule has 2 aromatic rings. The Balaban J connectivity index is 1.50. The summed E-state index contributed by atoms with van der Waals surface area (Å²) in [5.41, 5.74) is 0.913. The molecule has 0 saturated carbocycles. The van der Waals surface area contributed by atoms with E-state index in [1.807, 2.05) is 12.1 Å². The van der Waals surface area contributed by atoms with E-state index in [2.05, 4.69) is 19.9 Å². The first-order chi connectivity index (χ1) is 13.1. The van der Waals surface area contributed by atoms with E-state index in [9.17, 15) is 9.59 Å². The van der Waals surface area contributed by atoms with Crippen LogP contribution in [-0.4, -0.2) is 57.1 Å². The van der Waals surface area contributed by atoms with E-state index < -0.39 is 5.97 Å². The predicted molar refractivity (Wildman–Crippen MR) is 106 cm³/mol. The monoisotopic (exact) mass is 424 g/mol. The number of amides is 1. The average molecular weight is 425 g/mol. The van der Waals surface area contributed by atoms with Crippen LogP contribution in [0, 0.1) is 0 Å².